The second-order valence-electron chi connectivity index (χ2n) is 8.03. The predicted molar refractivity (Wildman–Crippen MR) is 120 cm³/mol. The molecule has 2 aromatic rings. The number of hydrogen-bond acceptors (Lipinski definition) is 8. The lowest BCUT2D eigenvalue weighted by atomic mass is 10.0. The summed E-state index contributed by atoms with van der Waals surface area (Å²) in [7, 11) is 0. The van der Waals surface area contributed by atoms with Crippen LogP contribution >= 0.6 is 0 Å². The van der Waals surface area contributed by atoms with E-state index in [4.69, 9.17) is 9.47 Å². The van der Waals surface area contributed by atoms with Crippen molar-refractivity contribution in [1.82, 2.24) is 15.6 Å². The van der Waals surface area contributed by atoms with E-state index in [1.807, 2.05) is 30.3 Å². The lowest BCUT2D eigenvalue weighted by Gasteiger charge is -2.28. The molecule has 1 aromatic carbocycles. The Bertz CT molecular complexity index is 1040. The quantitative estimate of drug-likeness (QED) is 0.568. The molecule has 1 fully saturated rings. The molecule has 1 aliphatic heterocycles. The fourth-order valence-electron chi connectivity index (χ4n) is 3.54. The second kappa shape index (κ2) is 11.3. The zero-order chi connectivity index (χ0) is 24.7. The number of hydrogen-bond donors (Lipinski definition) is 3. The number of nitrogens with zero attached hydrogens (tertiary/aromatic N) is 1. The molecule has 180 valence electrons. The molecule has 3 rings (SSSR count). The molecule has 0 aliphatic carbocycles. The average molecular weight is 469 g/mol. The number of nitrogens with one attached hydrogen (secondary N) is 2. The van der Waals surface area contributed by atoms with Crippen molar-refractivity contribution >= 4 is 23.8 Å². The zero-order valence-electron chi connectivity index (χ0n) is 18.9. The van der Waals surface area contributed by atoms with Gasteiger partial charge < -0.3 is 25.2 Å². The van der Waals surface area contributed by atoms with Crippen molar-refractivity contribution in [3.05, 3.63) is 59.9 Å². The van der Waals surface area contributed by atoms with Gasteiger partial charge in [0.05, 0.1) is 0 Å². The van der Waals surface area contributed by atoms with Crippen LogP contribution in [0, 0.1) is 0 Å². The topological polar surface area (TPSA) is 144 Å². The van der Waals surface area contributed by atoms with Gasteiger partial charge in [0, 0.05) is 18.7 Å². The highest BCUT2D eigenvalue weighted by Crippen LogP contribution is 2.15. The van der Waals surface area contributed by atoms with Crippen LogP contribution < -0.4 is 10.6 Å². The number of aromatic hydroxyl groups is 1. The van der Waals surface area contributed by atoms with E-state index in [-0.39, 0.29) is 24.3 Å². The monoisotopic (exact) mass is 469 g/mol. The summed E-state index contributed by atoms with van der Waals surface area (Å²) >= 11 is 0. The number of rotatable bonds is 4. The number of amides is 2. The molecule has 4 atom stereocenters. The van der Waals surface area contributed by atoms with Gasteiger partial charge in [-0.3, -0.25) is 14.4 Å². The highest BCUT2D eigenvalue weighted by Gasteiger charge is 2.34. The first kappa shape index (κ1) is 24.7. The molecule has 1 aromatic heterocycles. The molecule has 0 radical (unpaired) electrons. The van der Waals surface area contributed by atoms with E-state index in [1.54, 1.807) is 0 Å². The number of carbonyl (C=O) groups excluding carboxylic acids is 4. The van der Waals surface area contributed by atoms with Gasteiger partial charge in [0.1, 0.15) is 17.9 Å². The Morgan fingerprint density at radius 1 is 1.12 bits per heavy atom. The Hall–Kier alpha value is -3.95. The van der Waals surface area contributed by atoms with E-state index in [0.717, 1.165) is 5.56 Å². The Morgan fingerprint density at radius 3 is 2.56 bits per heavy atom. The first-order chi connectivity index (χ1) is 16.2. The minimum atomic E-state index is -1.29. The van der Waals surface area contributed by atoms with Crippen LogP contribution in [0.1, 0.15) is 42.7 Å². The van der Waals surface area contributed by atoms with Crippen molar-refractivity contribution in [2.24, 2.45) is 0 Å². The third-order valence-corrected chi connectivity index (χ3v) is 5.35. The van der Waals surface area contributed by atoms with E-state index in [1.165, 1.54) is 32.2 Å². The molecule has 1 unspecified atom stereocenters. The first-order valence-electron chi connectivity index (χ1n) is 10.9. The minimum absolute atomic E-state index is 0.0240. The lowest BCUT2D eigenvalue weighted by Crippen LogP contribution is -2.56. The number of esters is 2. The molecule has 2 amide bonds. The Morgan fingerprint density at radius 2 is 1.85 bits per heavy atom. The number of carbonyl (C=O) groups is 4. The van der Waals surface area contributed by atoms with Crippen LogP contribution in [0.2, 0.25) is 0 Å². The van der Waals surface area contributed by atoms with Gasteiger partial charge in [0.2, 0.25) is 5.91 Å². The normalized spacial score (nSPS) is 24.0. The summed E-state index contributed by atoms with van der Waals surface area (Å²) in [5.74, 6) is -3.21. The second-order valence-corrected chi connectivity index (χ2v) is 8.03. The van der Waals surface area contributed by atoms with Crippen LogP contribution in [0.25, 0.3) is 0 Å². The molecular weight excluding hydrogens is 442 g/mol. The molecule has 3 N–H and O–H groups in total. The molecule has 10 nitrogen and oxygen atoms in total. The summed E-state index contributed by atoms with van der Waals surface area (Å²) in [5, 5.41) is 15.3. The summed E-state index contributed by atoms with van der Waals surface area (Å²) in [5.41, 5.74) is 0.670. The molecule has 1 aliphatic rings. The molecule has 0 spiro atoms. The van der Waals surface area contributed by atoms with Crippen LogP contribution in [0.3, 0.4) is 0 Å². The molecule has 0 bridgehead atoms. The molecule has 34 heavy (non-hydrogen) atoms. The summed E-state index contributed by atoms with van der Waals surface area (Å²) in [6, 6.07) is 10.4. The maximum atomic E-state index is 13.2. The van der Waals surface area contributed by atoms with Crippen molar-refractivity contribution in [3.63, 3.8) is 0 Å². The van der Waals surface area contributed by atoms with Crippen LogP contribution in [0.4, 0.5) is 0 Å². The van der Waals surface area contributed by atoms with Gasteiger partial charge in [0.15, 0.2) is 11.8 Å². The van der Waals surface area contributed by atoms with E-state index < -0.39 is 48.0 Å². The largest absolute Gasteiger partial charge is 0.505 e. The lowest BCUT2D eigenvalue weighted by molar-refractivity contribution is -0.171. The third-order valence-electron chi connectivity index (χ3n) is 5.35. The van der Waals surface area contributed by atoms with E-state index >= 15 is 0 Å². The zero-order valence-corrected chi connectivity index (χ0v) is 18.9. The SMILES string of the molecule is C[C@H]1OC(=O)CCC(Cc2ccccc2)NC(=O)[C@@H](NC(=O)c2ncccc2O)[C@@H](C)OC1=O. The maximum absolute atomic E-state index is 13.2. The number of aromatic nitrogens is 1. The third kappa shape index (κ3) is 6.53. The van der Waals surface area contributed by atoms with E-state index in [9.17, 15) is 24.3 Å². The Labute approximate surface area is 196 Å². The predicted octanol–water partition coefficient (Wildman–Crippen LogP) is 1.27. The minimum Gasteiger partial charge on any atom is -0.505 e. The summed E-state index contributed by atoms with van der Waals surface area (Å²) in [6.07, 6.45) is -0.293. The number of cyclic esters (lactones) is 2. The van der Waals surface area contributed by atoms with E-state index in [0.29, 0.717) is 6.42 Å². The van der Waals surface area contributed by atoms with Crippen molar-refractivity contribution < 1.29 is 33.8 Å². The van der Waals surface area contributed by atoms with Gasteiger partial charge in [0.25, 0.3) is 5.91 Å². The molecular formula is C24H27N3O7. The Kier molecular flexibility index (Phi) is 8.18. The van der Waals surface area contributed by atoms with E-state index in [2.05, 4.69) is 15.6 Å². The highest BCUT2D eigenvalue weighted by atomic mass is 16.6. The highest BCUT2D eigenvalue weighted by molar-refractivity contribution is 5.98. The summed E-state index contributed by atoms with van der Waals surface area (Å²) in [4.78, 5) is 54.4. The first-order valence-corrected chi connectivity index (χ1v) is 10.9. The standard InChI is InChI=1S/C24H27N3O7/c1-14-20(27-23(31)21-18(28)9-6-12-25-21)22(30)26-17(13-16-7-4-3-5-8-16)10-11-19(29)33-15(2)24(32)34-14/h3-9,12,14-15,17,20,28H,10-11,13H2,1-2H3,(H,26,30)(H,27,31)/t14-,15-,17?,20+/m1/s1. The van der Waals surface area contributed by atoms with Crippen LogP contribution in [0.5, 0.6) is 5.75 Å². The van der Waals surface area contributed by atoms with Crippen LogP contribution in [-0.4, -0.2) is 58.1 Å². The van der Waals surface area contributed by atoms with Gasteiger partial charge in [-0.15, -0.1) is 0 Å². The fourth-order valence-corrected chi connectivity index (χ4v) is 3.54. The average Bonchev–Trinajstić information content (AvgIpc) is 2.81. The molecule has 10 heteroatoms. The molecule has 0 saturated carbocycles. The molecule has 2 heterocycles. The van der Waals surface area contributed by atoms with Crippen molar-refractivity contribution in [3.8, 4) is 5.75 Å². The summed E-state index contributed by atoms with van der Waals surface area (Å²) in [6.45, 7) is 2.81. The van der Waals surface area contributed by atoms with Crippen molar-refractivity contribution in [1.29, 1.82) is 0 Å². The number of pyridine rings is 1. The van der Waals surface area contributed by atoms with Gasteiger partial charge in [-0.1, -0.05) is 30.3 Å². The number of benzene rings is 1. The van der Waals surface area contributed by atoms with Crippen LogP contribution in [0.15, 0.2) is 48.7 Å². The maximum Gasteiger partial charge on any atom is 0.347 e. The van der Waals surface area contributed by atoms with Crippen molar-refractivity contribution in [2.75, 3.05) is 0 Å². The Balaban J connectivity index is 1.86. The van der Waals surface area contributed by atoms with Gasteiger partial charge in [-0.25, -0.2) is 9.78 Å². The fraction of sp³-hybridized carbons (Fsp3) is 0.375. The van der Waals surface area contributed by atoms with Crippen molar-refractivity contribution in [2.45, 2.75) is 57.4 Å². The van der Waals surface area contributed by atoms with Gasteiger partial charge in [-0.05, 0) is 44.4 Å². The summed E-state index contributed by atoms with van der Waals surface area (Å²) < 4.78 is 10.5. The number of ether oxygens (including phenoxy) is 2. The van der Waals surface area contributed by atoms with Gasteiger partial charge in [-0.2, -0.15) is 0 Å². The molecule has 1 saturated heterocycles. The van der Waals surface area contributed by atoms with Crippen LogP contribution in [-0.2, 0) is 30.3 Å². The smallest absolute Gasteiger partial charge is 0.347 e. The van der Waals surface area contributed by atoms with Gasteiger partial charge >= 0.3 is 11.9 Å².